The number of hydrogen-bond acceptors (Lipinski definition) is 8. The number of rotatable bonds is 8. The van der Waals surface area contributed by atoms with E-state index in [0.717, 1.165) is 31.5 Å². The zero-order valence-corrected chi connectivity index (χ0v) is 24.1. The second kappa shape index (κ2) is 12.3. The van der Waals surface area contributed by atoms with Crippen LogP contribution in [0.3, 0.4) is 0 Å². The van der Waals surface area contributed by atoms with Gasteiger partial charge in [-0.15, -0.1) is 0 Å². The summed E-state index contributed by atoms with van der Waals surface area (Å²) in [6, 6.07) is 12.4. The molecule has 2 saturated heterocycles. The second-order valence-corrected chi connectivity index (χ2v) is 11.0. The molecule has 6 rings (SSSR count). The van der Waals surface area contributed by atoms with Crippen molar-refractivity contribution in [3.63, 3.8) is 0 Å². The van der Waals surface area contributed by atoms with Crippen molar-refractivity contribution >= 4 is 40.2 Å². The van der Waals surface area contributed by atoms with E-state index in [1.54, 1.807) is 16.1 Å². The van der Waals surface area contributed by atoms with E-state index >= 15 is 8.78 Å². The van der Waals surface area contributed by atoms with Crippen molar-refractivity contribution < 1.29 is 13.6 Å². The Morgan fingerprint density at radius 3 is 2.53 bits per heavy atom. The van der Waals surface area contributed by atoms with E-state index < -0.39 is 11.6 Å². The number of carbonyl (C=O) groups is 1. The Morgan fingerprint density at radius 2 is 1.81 bits per heavy atom. The minimum absolute atomic E-state index is 0.0192. The van der Waals surface area contributed by atoms with Gasteiger partial charge >= 0.3 is 0 Å². The summed E-state index contributed by atoms with van der Waals surface area (Å²) in [5.74, 6) is -0.740. The van der Waals surface area contributed by atoms with Gasteiger partial charge in [0.15, 0.2) is 28.6 Å². The zero-order chi connectivity index (χ0) is 29.9. The van der Waals surface area contributed by atoms with E-state index in [-0.39, 0.29) is 29.3 Å². The fraction of sp³-hybridized carbons (Fsp3) is 0.355. The average Bonchev–Trinajstić information content (AvgIpc) is 3.45. The smallest absolute Gasteiger partial charge is 0.246 e. The van der Waals surface area contributed by atoms with Gasteiger partial charge in [0.25, 0.3) is 0 Å². The molecule has 0 spiro atoms. The topological polar surface area (TPSA) is 94.4 Å². The number of anilines is 4. The highest BCUT2D eigenvalue weighted by Crippen LogP contribution is 2.32. The number of imidazole rings is 1. The molecular weight excluding hydrogens is 552 g/mol. The van der Waals surface area contributed by atoms with Crippen LogP contribution >= 0.6 is 0 Å². The van der Waals surface area contributed by atoms with Crippen molar-refractivity contribution in [3.8, 4) is 0 Å². The van der Waals surface area contributed by atoms with E-state index in [1.807, 2.05) is 41.9 Å². The molecule has 2 N–H and O–H groups in total. The van der Waals surface area contributed by atoms with Crippen molar-refractivity contribution in [2.45, 2.75) is 25.4 Å². The van der Waals surface area contributed by atoms with Gasteiger partial charge in [-0.3, -0.25) is 4.79 Å². The third-order valence-corrected chi connectivity index (χ3v) is 8.09. The number of nitrogens with one attached hydrogen (secondary N) is 2. The number of hydrogen-bond donors (Lipinski definition) is 2. The lowest BCUT2D eigenvalue weighted by atomic mass is 10.1. The molecule has 2 aromatic carbocycles. The van der Waals surface area contributed by atoms with E-state index in [1.165, 1.54) is 18.2 Å². The first-order valence-electron chi connectivity index (χ1n) is 14.5. The number of piperidine rings is 1. The lowest BCUT2D eigenvalue weighted by Gasteiger charge is -2.34. The first kappa shape index (κ1) is 28.5. The predicted molar refractivity (Wildman–Crippen MR) is 163 cm³/mol. The van der Waals surface area contributed by atoms with Gasteiger partial charge in [-0.05, 0) is 43.7 Å². The van der Waals surface area contributed by atoms with E-state index in [4.69, 9.17) is 4.98 Å². The van der Waals surface area contributed by atoms with E-state index in [0.29, 0.717) is 49.7 Å². The Labute approximate surface area is 249 Å². The third-order valence-electron chi connectivity index (χ3n) is 8.09. The quantitative estimate of drug-likeness (QED) is 0.290. The van der Waals surface area contributed by atoms with Gasteiger partial charge in [0.1, 0.15) is 5.69 Å². The first-order valence-corrected chi connectivity index (χ1v) is 14.5. The molecule has 1 unspecified atom stereocenters. The third kappa shape index (κ3) is 6.14. The summed E-state index contributed by atoms with van der Waals surface area (Å²) in [7, 11) is 1.99. The molecule has 12 heteroatoms. The molecule has 2 aromatic heterocycles. The lowest BCUT2D eigenvalue weighted by molar-refractivity contribution is -0.127. The molecule has 2 aliphatic heterocycles. The number of likely N-dealkylation sites (N-methyl/N-ethyl adjacent to an activating group) is 1. The predicted octanol–water partition coefficient (Wildman–Crippen LogP) is 4.56. The summed E-state index contributed by atoms with van der Waals surface area (Å²) in [6.07, 6.45) is 4.72. The fourth-order valence-electron chi connectivity index (χ4n) is 5.75. The molecule has 4 heterocycles. The maximum Gasteiger partial charge on any atom is 0.246 e. The van der Waals surface area contributed by atoms with Crippen LogP contribution < -0.4 is 15.5 Å². The van der Waals surface area contributed by atoms with Crippen LogP contribution in [0.25, 0.3) is 11.2 Å². The molecule has 1 amide bonds. The minimum Gasteiger partial charge on any atom is -0.364 e. The second-order valence-electron chi connectivity index (χ2n) is 11.0. The molecule has 0 bridgehead atoms. The summed E-state index contributed by atoms with van der Waals surface area (Å²) in [6.45, 7) is 7.86. The highest BCUT2D eigenvalue weighted by molar-refractivity contribution is 5.87. The van der Waals surface area contributed by atoms with Gasteiger partial charge in [-0.2, -0.15) is 9.97 Å². The highest BCUT2D eigenvalue weighted by Gasteiger charge is 2.27. The van der Waals surface area contributed by atoms with Gasteiger partial charge in [0.2, 0.25) is 11.9 Å². The summed E-state index contributed by atoms with van der Waals surface area (Å²) in [5.41, 5.74) is 2.36. The number of carbonyl (C=O) groups excluding carboxylic acids is 1. The maximum absolute atomic E-state index is 15.3. The molecule has 43 heavy (non-hydrogen) atoms. The van der Waals surface area contributed by atoms with Gasteiger partial charge in [0, 0.05) is 51.5 Å². The number of amides is 1. The molecule has 224 valence electrons. The first-order chi connectivity index (χ1) is 20.9. The SMILES string of the molecule is C=CC(=O)N1CCCC(n2cnc3c(NCc4ccccc4)nc(Nc4cc(F)c(N5CCN(C)CC5)c(F)c4)nc32)C1. The van der Waals surface area contributed by atoms with Crippen molar-refractivity contribution in [1.82, 2.24) is 29.3 Å². The standard InChI is InChI=1S/C31H35F2N9O/c1-3-26(43)41-11-7-10-23(19-41)42-20-35-27-29(34-18-21-8-5-4-6-9-21)37-31(38-30(27)42)36-22-16-24(32)28(25(33)17-22)40-14-12-39(2)13-15-40/h3-6,8-9,16-17,20,23H,1,7,10-15,18-19H2,2H3,(H2,34,36,37,38). The lowest BCUT2D eigenvalue weighted by Crippen LogP contribution is -2.45. The normalized spacial score (nSPS) is 17.7. The Bertz CT molecular complexity index is 1600. The number of nitrogens with zero attached hydrogens (tertiary/aromatic N) is 7. The average molecular weight is 588 g/mol. The number of piperazine rings is 1. The Morgan fingerprint density at radius 1 is 1.07 bits per heavy atom. The number of likely N-dealkylation sites (tertiary alicyclic amines) is 1. The largest absolute Gasteiger partial charge is 0.364 e. The number of aromatic nitrogens is 4. The molecule has 2 fully saturated rings. The van der Waals surface area contributed by atoms with Gasteiger partial charge < -0.3 is 29.9 Å². The van der Waals surface area contributed by atoms with Gasteiger partial charge in [0.05, 0.1) is 12.4 Å². The number of halogens is 2. The number of fused-ring (bicyclic) bond motifs is 1. The molecule has 4 aromatic rings. The van der Waals surface area contributed by atoms with Gasteiger partial charge in [-0.25, -0.2) is 13.8 Å². The van der Waals surface area contributed by atoms with Crippen molar-refractivity contribution in [2.75, 3.05) is 61.8 Å². The van der Waals surface area contributed by atoms with E-state index in [9.17, 15) is 4.79 Å². The zero-order valence-electron chi connectivity index (χ0n) is 24.1. The Kier molecular flexibility index (Phi) is 8.19. The van der Waals surface area contributed by atoms with Crippen LogP contribution in [0.4, 0.5) is 31.9 Å². The van der Waals surface area contributed by atoms with Crippen molar-refractivity contribution in [3.05, 3.63) is 78.6 Å². The Balaban J connectivity index is 1.33. The summed E-state index contributed by atoms with van der Waals surface area (Å²) in [4.78, 5) is 32.0. The molecule has 0 saturated carbocycles. The summed E-state index contributed by atoms with van der Waals surface area (Å²) in [5, 5.41) is 6.38. The van der Waals surface area contributed by atoms with Crippen LogP contribution in [0.5, 0.6) is 0 Å². The molecule has 10 nitrogen and oxygen atoms in total. The molecule has 0 radical (unpaired) electrons. The molecule has 2 aliphatic rings. The van der Waals surface area contributed by atoms with Crippen LogP contribution in [0.1, 0.15) is 24.4 Å². The van der Waals surface area contributed by atoms with Gasteiger partial charge in [-0.1, -0.05) is 36.9 Å². The van der Waals surface area contributed by atoms with Crippen LogP contribution in [0, 0.1) is 11.6 Å². The number of benzene rings is 2. The summed E-state index contributed by atoms with van der Waals surface area (Å²) < 4.78 is 32.5. The minimum atomic E-state index is -0.644. The molecule has 1 atom stereocenters. The maximum atomic E-state index is 15.3. The van der Waals surface area contributed by atoms with E-state index in [2.05, 4.69) is 32.1 Å². The van der Waals surface area contributed by atoms with Crippen molar-refractivity contribution in [2.24, 2.45) is 0 Å². The monoisotopic (exact) mass is 587 g/mol. The van der Waals surface area contributed by atoms with Crippen LogP contribution in [-0.2, 0) is 11.3 Å². The van der Waals surface area contributed by atoms with Crippen molar-refractivity contribution in [1.29, 1.82) is 0 Å². The van der Waals surface area contributed by atoms with Crippen LogP contribution in [0.2, 0.25) is 0 Å². The van der Waals surface area contributed by atoms with Crippen LogP contribution in [-0.4, -0.2) is 81.5 Å². The molecular formula is C31H35F2N9O. The Hall–Kier alpha value is -4.58. The highest BCUT2D eigenvalue weighted by atomic mass is 19.1. The summed E-state index contributed by atoms with van der Waals surface area (Å²) >= 11 is 0. The molecule has 0 aliphatic carbocycles. The fourth-order valence-corrected chi connectivity index (χ4v) is 5.75. The van der Waals surface area contributed by atoms with Crippen LogP contribution in [0.15, 0.2) is 61.4 Å².